The number of benzene rings is 1. The van der Waals surface area contributed by atoms with E-state index < -0.39 is 0 Å². The molecule has 0 radical (unpaired) electrons. The van der Waals surface area contributed by atoms with Gasteiger partial charge in [0.15, 0.2) is 0 Å². The molecular formula is C19H24Cl3N3O. The summed E-state index contributed by atoms with van der Waals surface area (Å²) in [6.07, 6.45) is 2.15. The third-order valence-corrected chi connectivity index (χ3v) is 4.82. The lowest BCUT2D eigenvalue weighted by molar-refractivity contribution is 0.570. The van der Waals surface area contributed by atoms with E-state index in [1.54, 1.807) is 6.07 Å². The van der Waals surface area contributed by atoms with Crippen molar-refractivity contribution in [1.29, 1.82) is 0 Å². The summed E-state index contributed by atoms with van der Waals surface area (Å²) in [5.41, 5.74) is 4.56. The first-order valence-corrected chi connectivity index (χ1v) is 9.42. The van der Waals surface area contributed by atoms with Crippen molar-refractivity contribution in [1.82, 2.24) is 9.61 Å². The van der Waals surface area contributed by atoms with E-state index in [0.717, 1.165) is 60.0 Å². The van der Waals surface area contributed by atoms with Crippen LogP contribution in [0.1, 0.15) is 38.1 Å². The zero-order chi connectivity index (χ0) is 18.1. The van der Waals surface area contributed by atoms with Crippen LogP contribution >= 0.6 is 35.6 Å². The van der Waals surface area contributed by atoms with Gasteiger partial charge in [-0.1, -0.05) is 37.0 Å². The molecule has 2 heterocycles. The Hall–Kier alpha value is -1.36. The predicted molar refractivity (Wildman–Crippen MR) is 112 cm³/mol. The van der Waals surface area contributed by atoms with Crippen LogP contribution in [0, 0.1) is 13.8 Å². The van der Waals surface area contributed by atoms with Gasteiger partial charge in [0.05, 0.1) is 10.7 Å². The molecule has 0 atom stereocenters. The molecule has 3 rings (SSSR count). The summed E-state index contributed by atoms with van der Waals surface area (Å²) >= 11 is 12.5. The number of fused-ring (bicyclic) bond motifs is 1. The van der Waals surface area contributed by atoms with Crippen LogP contribution in [0.3, 0.4) is 0 Å². The van der Waals surface area contributed by atoms with Gasteiger partial charge in [0.25, 0.3) is 0 Å². The molecule has 2 aromatic heterocycles. The number of aromatic nitrogens is 2. The van der Waals surface area contributed by atoms with Gasteiger partial charge in [-0.15, -0.1) is 12.4 Å². The molecule has 0 bridgehead atoms. The van der Waals surface area contributed by atoms with Gasteiger partial charge in [0.1, 0.15) is 17.1 Å². The summed E-state index contributed by atoms with van der Waals surface area (Å²) in [6.45, 7) is 10.3. The van der Waals surface area contributed by atoms with Crippen LogP contribution in [0.4, 0.5) is 5.69 Å². The highest BCUT2D eigenvalue weighted by molar-refractivity contribution is 6.36. The van der Waals surface area contributed by atoms with Crippen molar-refractivity contribution in [3.63, 3.8) is 0 Å². The number of hydrogen-bond donors (Lipinski definition) is 0. The van der Waals surface area contributed by atoms with Crippen molar-refractivity contribution >= 4 is 47.0 Å². The van der Waals surface area contributed by atoms with E-state index in [4.69, 9.17) is 32.7 Å². The van der Waals surface area contributed by atoms with Crippen molar-refractivity contribution in [2.75, 3.05) is 18.0 Å². The van der Waals surface area contributed by atoms with Crippen LogP contribution in [0.5, 0.6) is 0 Å². The smallest absolute Gasteiger partial charge is 0.246 e. The summed E-state index contributed by atoms with van der Waals surface area (Å²) in [7, 11) is 0. The molecule has 142 valence electrons. The first-order chi connectivity index (χ1) is 12.0. The Morgan fingerprint density at radius 1 is 1.12 bits per heavy atom. The molecule has 7 heteroatoms. The summed E-state index contributed by atoms with van der Waals surface area (Å²) < 4.78 is 8.00. The number of aryl methyl sites for hydroxylation is 2. The summed E-state index contributed by atoms with van der Waals surface area (Å²) in [5.74, 6) is 0.793. The first-order valence-electron chi connectivity index (χ1n) is 8.67. The van der Waals surface area contributed by atoms with E-state index in [-0.39, 0.29) is 12.4 Å². The Morgan fingerprint density at radius 2 is 1.77 bits per heavy atom. The molecule has 26 heavy (non-hydrogen) atoms. The van der Waals surface area contributed by atoms with Crippen LogP contribution in [0.2, 0.25) is 10.0 Å². The highest BCUT2D eigenvalue weighted by Crippen LogP contribution is 2.37. The Bertz CT molecular complexity index is 895. The summed E-state index contributed by atoms with van der Waals surface area (Å²) in [6, 6.07) is 5.49. The molecule has 4 nitrogen and oxygen atoms in total. The molecule has 0 aliphatic heterocycles. The van der Waals surface area contributed by atoms with Crippen LogP contribution in [0.15, 0.2) is 22.6 Å². The summed E-state index contributed by atoms with van der Waals surface area (Å²) in [4.78, 5) is 2.36. The highest BCUT2D eigenvalue weighted by Gasteiger charge is 2.24. The van der Waals surface area contributed by atoms with Gasteiger partial charge < -0.3 is 9.32 Å². The molecular weight excluding hydrogens is 393 g/mol. The number of hydrogen-bond acceptors (Lipinski definition) is 3. The van der Waals surface area contributed by atoms with E-state index in [2.05, 4.69) is 18.7 Å². The lowest BCUT2D eigenvalue weighted by Gasteiger charge is -2.22. The minimum atomic E-state index is 0. The largest absolute Gasteiger partial charge is 0.440 e. The molecule has 0 amide bonds. The Morgan fingerprint density at radius 3 is 2.35 bits per heavy atom. The Labute approximate surface area is 170 Å². The maximum absolute atomic E-state index is 6.42. The van der Waals surface area contributed by atoms with E-state index >= 15 is 0 Å². The predicted octanol–water partition coefficient (Wildman–Crippen LogP) is 6.57. The number of halogens is 3. The van der Waals surface area contributed by atoms with Crippen LogP contribution in [0.25, 0.3) is 17.0 Å². The number of nitrogens with zero attached hydrogens (tertiary/aromatic N) is 3. The van der Waals surface area contributed by atoms with Gasteiger partial charge in [-0.3, -0.25) is 0 Å². The molecule has 1 aromatic carbocycles. The van der Waals surface area contributed by atoms with E-state index in [1.165, 1.54) is 0 Å². The van der Waals surface area contributed by atoms with Crippen molar-refractivity contribution in [2.24, 2.45) is 0 Å². The SMILES string of the molecule is CCCN(CCC)c1c(C)nn2c(-c3ccc(Cl)cc3Cl)c(C)oc12.Cl. The minimum Gasteiger partial charge on any atom is -0.440 e. The highest BCUT2D eigenvalue weighted by atomic mass is 35.5. The maximum atomic E-state index is 6.42. The third-order valence-electron chi connectivity index (χ3n) is 4.27. The third kappa shape index (κ3) is 3.68. The maximum Gasteiger partial charge on any atom is 0.246 e. The molecule has 3 aromatic rings. The molecule has 0 fully saturated rings. The second kappa shape index (κ2) is 8.55. The molecule has 0 saturated carbocycles. The van der Waals surface area contributed by atoms with Crippen LogP contribution in [-0.2, 0) is 0 Å². The standard InChI is InChI=1S/C19H23Cl2N3O.ClH/c1-5-9-23(10-6-2)17-12(3)22-24-18(13(4)25-19(17)24)15-8-7-14(20)11-16(15)21;/h7-8,11H,5-6,9-10H2,1-4H3;1H. The molecule has 0 aliphatic rings. The number of anilines is 1. The van der Waals surface area contributed by atoms with Gasteiger partial charge in [0, 0.05) is 23.7 Å². The van der Waals surface area contributed by atoms with Crippen LogP contribution < -0.4 is 4.90 Å². The van der Waals surface area contributed by atoms with E-state index in [0.29, 0.717) is 10.0 Å². The summed E-state index contributed by atoms with van der Waals surface area (Å²) in [5, 5.41) is 5.95. The molecule has 0 spiro atoms. The fourth-order valence-electron chi connectivity index (χ4n) is 3.31. The fraction of sp³-hybridized carbons (Fsp3) is 0.421. The number of oxazole rings is 1. The van der Waals surface area contributed by atoms with E-state index in [9.17, 15) is 0 Å². The minimum absolute atomic E-state index is 0. The number of rotatable bonds is 6. The topological polar surface area (TPSA) is 33.7 Å². The lowest BCUT2D eigenvalue weighted by atomic mass is 10.1. The van der Waals surface area contributed by atoms with Crippen molar-refractivity contribution in [2.45, 2.75) is 40.5 Å². The fourth-order valence-corrected chi connectivity index (χ4v) is 3.81. The molecule has 0 N–H and O–H groups in total. The second-order valence-corrected chi connectivity index (χ2v) is 7.11. The van der Waals surface area contributed by atoms with Crippen molar-refractivity contribution in [3.05, 3.63) is 39.7 Å². The normalized spacial score (nSPS) is 11.0. The van der Waals surface area contributed by atoms with Crippen LogP contribution in [-0.4, -0.2) is 22.7 Å². The Balaban J connectivity index is 0.00000243. The second-order valence-electron chi connectivity index (χ2n) is 6.27. The zero-order valence-corrected chi connectivity index (χ0v) is 17.8. The van der Waals surface area contributed by atoms with Gasteiger partial charge in [-0.05, 0) is 44.9 Å². The molecule has 0 unspecified atom stereocenters. The van der Waals surface area contributed by atoms with Gasteiger partial charge in [0.2, 0.25) is 5.71 Å². The average molecular weight is 417 g/mol. The van der Waals surface area contributed by atoms with Gasteiger partial charge in [-0.2, -0.15) is 9.61 Å². The quantitative estimate of drug-likeness (QED) is 0.456. The Kier molecular flexibility index (Phi) is 6.89. The van der Waals surface area contributed by atoms with Gasteiger partial charge >= 0.3 is 0 Å². The van der Waals surface area contributed by atoms with Gasteiger partial charge in [-0.25, -0.2) is 0 Å². The monoisotopic (exact) mass is 415 g/mol. The average Bonchev–Trinajstić information content (AvgIpc) is 3.01. The van der Waals surface area contributed by atoms with Crippen molar-refractivity contribution < 1.29 is 4.42 Å². The van der Waals surface area contributed by atoms with E-state index in [1.807, 2.05) is 30.5 Å². The molecule has 0 saturated heterocycles. The lowest BCUT2D eigenvalue weighted by Crippen LogP contribution is -2.25. The molecule has 0 aliphatic carbocycles. The van der Waals surface area contributed by atoms with Crippen molar-refractivity contribution in [3.8, 4) is 11.3 Å². The zero-order valence-electron chi connectivity index (χ0n) is 15.5. The first kappa shape index (κ1) is 20.9.